The molecule has 26 heavy (non-hydrogen) atoms. The van der Waals surface area contributed by atoms with E-state index in [9.17, 15) is 0 Å². The van der Waals surface area contributed by atoms with Crippen molar-refractivity contribution < 1.29 is 4.42 Å². The van der Waals surface area contributed by atoms with Crippen molar-refractivity contribution in [2.45, 2.75) is 6.92 Å². The summed E-state index contributed by atoms with van der Waals surface area (Å²) in [5.41, 5.74) is 7.33. The van der Waals surface area contributed by atoms with Gasteiger partial charge >= 0.3 is 0 Å². The van der Waals surface area contributed by atoms with Gasteiger partial charge in [-0.2, -0.15) is 0 Å². The first-order valence-corrected chi connectivity index (χ1v) is 8.74. The van der Waals surface area contributed by atoms with Gasteiger partial charge in [-0.1, -0.05) is 54.6 Å². The van der Waals surface area contributed by atoms with Gasteiger partial charge in [0.15, 0.2) is 0 Å². The number of rotatable bonds is 2. The molecule has 0 aliphatic heterocycles. The SMILES string of the molecule is Cc1ccc(-c2cc(-c3ccccc3)ccn2)c2oc3ccccc3c12. The fourth-order valence-corrected chi connectivity index (χ4v) is 3.58. The molecule has 0 aliphatic rings. The summed E-state index contributed by atoms with van der Waals surface area (Å²) in [5, 5.41) is 2.33. The number of aryl methyl sites for hydroxylation is 1. The third-order valence-corrected chi connectivity index (χ3v) is 4.88. The second-order valence-electron chi connectivity index (χ2n) is 6.53. The van der Waals surface area contributed by atoms with E-state index in [4.69, 9.17) is 4.42 Å². The number of hydrogen-bond donors (Lipinski definition) is 0. The minimum Gasteiger partial charge on any atom is -0.455 e. The van der Waals surface area contributed by atoms with Crippen LogP contribution >= 0.6 is 0 Å². The molecule has 0 unspecified atom stereocenters. The van der Waals surface area contributed by atoms with Crippen LogP contribution in [-0.2, 0) is 0 Å². The summed E-state index contributed by atoms with van der Waals surface area (Å²) in [5.74, 6) is 0. The number of pyridine rings is 1. The summed E-state index contributed by atoms with van der Waals surface area (Å²) in [4.78, 5) is 4.63. The number of aromatic nitrogens is 1. The van der Waals surface area contributed by atoms with Gasteiger partial charge in [-0.05, 0) is 47.9 Å². The van der Waals surface area contributed by atoms with Gasteiger partial charge < -0.3 is 4.42 Å². The van der Waals surface area contributed by atoms with Crippen LogP contribution in [0.2, 0.25) is 0 Å². The topological polar surface area (TPSA) is 26.0 Å². The van der Waals surface area contributed by atoms with E-state index in [2.05, 4.69) is 66.5 Å². The molecule has 0 amide bonds. The third-order valence-electron chi connectivity index (χ3n) is 4.88. The molecule has 2 heterocycles. The molecular weight excluding hydrogens is 318 g/mol. The molecule has 0 aliphatic carbocycles. The van der Waals surface area contributed by atoms with Crippen LogP contribution in [0.5, 0.6) is 0 Å². The molecule has 0 N–H and O–H groups in total. The maximum Gasteiger partial charge on any atom is 0.145 e. The summed E-state index contributed by atoms with van der Waals surface area (Å²) in [6.07, 6.45) is 1.87. The van der Waals surface area contributed by atoms with Gasteiger partial charge in [0.25, 0.3) is 0 Å². The van der Waals surface area contributed by atoms with Crippen molar-refractivity contribution in [2.75, 3.05) is 0 Å². The van der Waals surface area contributed by atoms with Gasteiger partial charge in [0.05, 0.1) is 5.69 Å². The average molecular weight is 335 g/mol. The van der Waals surface area contributed by atoms with E-state index in [1.807, 2.05) is 30.5 Å². The Bertz CT molecular complexity index is 1240. The van der Waals surface area contributed by atoms with Crippen LogP contribution in [0.25, 0.3) is 44.3 Å². The Morgan fingerprint density at radius 2 is 1.58 bits per heavy atom. The second-order valence-corrected chi connectivity index (χ2v) is 6.53. The monoisotopic (exact) mass is 335 g/mol. The standard InChI is InChI=1S/C24H17NO/c1-16-11-12-19(24-23(16)20-9-5-6-10-22(20)26-24)21-15-18(13-14-25-21)17-7-3-2-4-8-17/h2-15H,1H3. The Morgan fingerprint density at radius 1 is 0.769 bits per heavy atom. The highest BCUT2D eigenvalue weighted by Gasteiger charge is 2.15. The van der Waals surface area contributed by atoms with Crippen LogP contribution in [0.1, 0.15) is 5.56 Å². The fourth-order valence-electron chi connectivity index (χ4n) is 3.58. The normalized spacial score (nSPS) is 11.3. The van der Waals surface area contributed by atoms with Crippen molar-refractivity contribution in [3.63, 3.8) is 0 Å². The lowest BCUT2D eigenvalue weighted by atomic mass is 10.00. The van der Waals surface area contributed by atoms with Gasteiger partial charge in [-0.3, -0.25) is 4.98 Å². The molecule has 0 spiro atoms. The molecule has 3 aromatic carbocycles. The molecule has 0 saturated carbocycles. The molecule has 124 valence electrons. The zero-order chi connectivity index (χ0) is 17.5. The first-order chi connectivity index (χ1) is 12.8. The van der Waals surface area contributed by atoms with Crippen molar-refractivity contribution in [1.82, 2.24) is 4.98 Å². The van der Waals surface area contributed by atoms with E-state index in [0.717, 1.165) is 33.4 Å². The van der Waals surface area contributed by atoms with E-state index in [1.54, 1.807) is 0 Å². The van der Waals surface area contributed by atoms with Crippen LogP contribution < -0.4 is 0 Å². The number of nitrogens with zero attached hydrogens (tertiary/aromatic N) is 1. The second kappa shape index (κ2) is 5.85. The molecular formula is C24H17NO. The molecule has 2 nitrogen and oxygen atoms in total. The van der Waals surface area contributed by atoms with Gasteiger partial charge in [-0.15, -0.1) is 0 Å². The van der Waals surface area contributed by atoms with E-state index >= 15 is 0 Å². The smallest absolute Gasteiger partial charge is 0.145 e. The molecule has 2 aromatic heterocycles. The largest absolute Gasteiger partial charge is 0.455 e. The van der Waals surface area contributed by atoms with Crippen molar-refractivity contribution in [1.29, 1.82) is 0 Å². The number of hydrogen-bond acceptors (Lipinski definition) is 2. The zero-order valence-corrected chi connectivity index (χ0v) is 14.4. The number of fused-ring (bicyclic) bond motifs is 3. The maximum atomic E-state index is 6.22. The van der Waals surface area contributed by atoms with Crippen LogP contribution in [0.15, 0.2) is 89.5 Å². The van der Waals surface area contributed by atoms with Gasteiger partial charge in [0, 0.05) is 22.5 Å². The number of benzene rings is 3. The molecule has 0 saturated heterocycles. The molecule has 2 heteroatoms. The Balaban J connectivity index is 1.77. The Kier molecular flexibility index (Phi) is 3.36. The van der Waals surface area contributed by atoms with Crippen LogP contribution in [0.3, 0.4) is 0 Å². The Labute approximate surface area is 151 Å². The van der Waals surface area contributed by atoms with Crippen molar-refractivity contribution in [3.8, 4) is 22.4 Å². The molecule has 5 rings (SSSR count). The highest BCUT2D eigenvalue weighted by molar-refractivity contribution is 6.11. The lowest BCUT2D eigenvalue weighted by Crippen LogP contribution is -1.87. The van der Waals surface area contributed by atoms with E-state index in [-0.39, 0.29) is 0 Å². The van der Waals surface area contributed by atoms with Gasteiger partial charge in [0.1, 0.15) is 11.2 Å². The molecule has 5 aromatic rings. The van der Waals surface area contributed by atoms with E-state index in [1.165, 1.54) is 16.5 Å². The maximum absolute atomic E-state index is 6.22. The first-order valence-electron chi connectivity index (χ1n) is 8.74. The molecule has 0 atom stereocenters. The van der Waals surface area contributed by atoms with Crippen molar-refractivity contribution >= 4 is 21.9 Å². The van der Waals surface area contributed by atoms with Gasteiger partial charge in [-0.25, -0.2) is 0 Å². The quantitative estimate of drug-likeness (QED) is 0.362. The first kappa shape index (κ1) is 14.9. The Morgan fingerprint density at radius 3 is 2.46 bits per heavy atom. The predicted molar refractivity (Wildman–Crippen MR) is 107 cm³/mol. The average Bonchev–Trinajstić information content (AvgIpc) is 3.09. The minimum atomic E-state index is 0.906. The summed E-state index contributed by atoms with van der Waals surface area (Å²) in [6.45, 7) is 2.13. The number of para-hydroxylation sites is 1. The lowest BCUT2D eigenvalue weighted by molar-refractivity contribution is 0.669. The summed E-state index contributed by atoms with van der Waals surface area (Å²) in [7, 11) is 0. The van der Waals surface area contributed by atoms with E-state index in [0.29, 0.717) is 0 Å². The van der Waals surface area contributed by atoms with E-state index < -0.39 is 0 Å². The minimum absolute atomic E-state index is 0.906. The Hall–Kier alpha value is -3.39. The number of furan rings is 1. The summed E-state index contributed by atoms with van der Waals surface area (Å²) >= 11 is 0. The lowest BCUT2D eigenvalue weighted by Gasteiger charge is -2.07. The molecule has 0 bridgehead atoms. The van der Waals surface area contributed by atoms with Crippen LogP contribution in [0.4, 0.5) is 0 Å². The molecule has 0 radical (unpaired) electrons. The van der Waals surface area contributed by atoms with Crippen LogP contribution in [-0.4, -0.2) is 4.98 Å². The fraction of sp³-hybridized carbons (Fsp3) is 0.0417. The summed E-state index contributed by atoms with van der Waals surface area (Å²) < 4.78 is 6.22. The van der Waals surface area contributed by atoms with Crippen LogP contribution in [0, 0.1) is 6.92 Å². The van der Waals surface area contributed by atoms with Gasteiger partial charge in [0.2, 0.25) is 0 Å². The third kappa shape index (κ3) is 2.31. The molecule has 0 fully saturated rings. The summed E-state index contributed by atoms with van der Waals surface area (Å²) in [6, 6.07) is 27.0. The highest BCUT2D eigenvalue weighted by Crippen LogP contribution is 2.37. The highest BCUT2D eigenvalue weighted by atomic mass is 16.3. The predicted octanol–water partition coefficient (Wildman–Crippen LogP) is 6.62. The van der Waals surface area contributed by atoms with Crippen molar-refractivity contribution in [3.05, 3.63) is 90.6 Å². The van der Waals surface area contributed by atoms with Crippen molar-refractivity contribution in [2.24, 2.45) is 0 Å². The zero-order valence-electron chi connectivity index (χ0n) is 14.4.